The first kappa shape index (κ1) is 56.9. The van der Waals surface area contributed by atoms with Gasteiger partial charge in [0.25, 0.3) is 0 Å². The smallest absolute Gasteiger partial charge is 0.220 e. The summed E-state index contributed by atoms with van der Waals surface area (Å²) in [5.41, 5.74) is 0. The molecule has 0 aliphatic carbocycles. The van der Waals surface area contributed by atoms with Crippen molar-refractivity contribution in [3.8, 4) is 0 Å². The topological polar surface area (TPSA) is 228 Å². The van der Waals surface area contributed by atoms with E-state index >= 15 is 0 Å². The molecular formula is C48H91NO13. The molecule has 0 bridgehead atoms. The summed E-state index contributed by atoms with van der Waals surface area (Å²) in [6, 6.07) is -0.905. The van der Waals surface area contributed by atoms with Gasteiger partial charge in [0.1, 0.15) is 48.8 Å². The van der Waals surface area contributed by atoms with Gasteiger partial charge < -0.3 is 65.1 Å². The maximum atomic E-state index is 13.0. The number of amides is 1. The zero-order valence-corrected chi connectivity index (χ0v) is 38.6. The second kappa shape index (κ2) is 35.9. The number of rotatable bonds is 38. The fourth-order valence-corrected chi connectivity index (χ4v) is 8.35. The van der Waals surface area contributed by atoms with E-state index in [0.29, 0.717) is 6.42 Å². The zero-order chi connectivity index (χ0) is 45.4. The summed E-state index contributed by atoms with van der Waals surface area (Å²) in [4.78, 5) is 13.0. The Bertz CT molecular complexity index is 1100. The van der Waals surface area contributed by atoms with Crippen molar-refractivity contribution in [2.75, 3.05) is 19.8 Å². The van der Waals surface area contributed by atoms with Gasteiger partial charge in [-0.15, -0.1) is 0 Å². The lowest BCUT2D eigenvalue weighted by atomic mass is 9.97. The van der Waals surface area contributed by atoms with Crippen molar-refractivity contribution in [2.24, 2.45) is 0 Å². The summed E-state index contributed by atoms with van der Waals surface area (Å²) in [6.07, 6.45) is 20.2. The number of allylic oxidation sites excluding steroid dienone is 1. The summed E-state index contributed by atoms with van der Waals surface area (Å²) in [5, 5.41) is 86.4. The first-order valence-corrected chi connectivity index (χ1v) is 24.9. The molecule has 0 aromatic carbocycles. The van der Waals surface area contributed by atoms with E-state index in [1.807, 2.05) is 6.08 Å². The molecule has 9 N–H and O–H groups in total. The third kappa shape index (κ3) is 23.3. The number of aliphatic hydroxyl groups excluding tert-OH is 8. The minimum atomic E-state index is -1.78. The van der Waals surface area contributed by atoms with Gasteiger partial charge in [-0.25, -0.2) is 0 Å². The van der Waals surface area contributed by atoms with Gasteiger partial charge in [-0.2, -0.15) is 0 Å². The third-order valence-electron chi connectivity index (χ3n) is 12.5. The monoisotopic (exact) mass is 890 g/mol. The molecule has 0 spiro atoms. The number of hydrogen-bond donors (Lipinski definition) is 9. The van der Waals surface area contributed by atoms with Crippen molar-refractivity contribution in [1.82, 2.24) is 5.32 Å². The fraction of sp³-hybridized carbons (Fsp3) is 0.938. The van der Waals surface area contributed by atoms with Crippen molar-refractivity contribution in [3.63, 3.8) is 0 Å². The number of aliphatic hydroxyl groups is 8. The average Bonchev–Trinajstić information content (AvgIpc) is 3.27. The zero-order valence-electron chi connectivity index (χ0n) is 38.6. The second-order valence-corrected chi connectivity index (χ2v) is 18.0. The number of carbonyl (C=O) groups excluding carboxylic acids is 1. The van der Waals surface area contributed by atoms with Crippen LogP contribution in [0.2, 0.25) is 0 Å². The van der Waals surface area contributed by atoms with Crippen molar-refractivity contribution in [3.05, 3.63) is 12.2 Å². The maximum absolute atomic E-state index is 13.0. The third-order valence-corrected chi connectivity index (χ3v) is 12.5. The van der Waals surface area contributed by atoms with Crippen LogP contribution in [0.25, 0.3) is 0 Å². The van der Waals surface area contributed by atoms with Crippen LogP contribution in [0.1, 0.15) is 194 Å². The molecule has 1 amide bonds. The maximum Gasteiger partial charge on any atom is 0.220 e. The SMILES string of the molecule is CCCCCCCCCCCCCCCCCCCCCC/C=C/C(O)C(COC1OC(CO)C(OC2OC(CO)C(O)C(O)C2O)C(O)C1O)NC(=O)CCCCCCCC. The highest BCUT2D eigenvalue weighted by Crippen LogP contribution is 2.30. The summed E-state index contributed by atoms with van der Waals surface area (Å²) >= 11 is 0. The van der Waals surface area contributed by atoms with E-state index in [1.165, 1.54) is 116 Å². The Morgan fingerprint density at radius 2 is 1.00 bits per heavy atom. The minimum absolute atomic E-state index is 0.248. The van der Waals surface area contributed by atoms with Gasteiger partial charge >= 0.3 is 0 Å². The molecule has 0 radical (unpaired) electrons. The van der Waals surface area contributed by atoms with Gasteiger partial charge in [-0.05, 0) is 19.3 Å². The molecule has 12 atom stereocenters. The molecule has 14 nitrogen and oxygen atoms in total. The van der Waals surface area contributed by atoms with Crippen LogP contribution < -0.4 is 5.32 Å². The Morgan fingerprint density at radius 1 is 0.565 bits per heavy atom. The number of unbranched alkanes of at least 4 members (excludes halogenated alkanes) is 25. The van der Waals surface area contributed by atoms with E-state index in [2.05, 4.69) is 19.2 Å². The van der Waals surface area contributed by atoms with E-state index in [0.717, 1.165) is 51.4 Å². The van der Waals surface area contributed by atoms with Crippen LogP contribution in [0, 0.1) is 0 Å². The predicted octanol–water partition coefficient (Wildman–Crippen LogP) is 5.99. The van der Waals surface area contributed by atoms with Crippen LogP contribution in [-0.2, 0) is 23.7 Å². The van der Waals surface area contributed by atoms with E-state index < -0.39 is 86.8 Å². The lowest BCUT2D eigenvalue weighted by Gasteiger charge is -2.46. The van der Waals surface area contributed by atoms with Gasteiger partial charge in [-0.1, -0.05) is 180 Å². The van der Waals surface area contributed by atoms with Gasteiger partial charge in [0, 0.05) is 6.42 Å². The van der Waals surface area contributed by atoms with Crippen molar-refractivity contribution >= 4 is 5.91 Å². The highest BCUT2D eigenvalue weighted by Gasteiger charge is 2.51. The molecule has 366 valence electrons. The molecule has 2 saturated heterocycles. The van der Waals surface area contributed by atoms with Crippen LogP contribution in [-0.4, -0.2) is 140 Å². The molecule has 2 rings (SSSR count). The minimum Gasteiger partial charge on any atom is -0.394 e. The van der Waals surface area contributed by atoms with Crippen molar-refractivity contribution in [1.29, 1.82) is 0 Å². The van der Waals surface area contributed by atoms with Gasteiger partial charge in [0.05, 0.1) is 32.0 Å². The highest BCUT2D eigenvalue weighted by atomic mass is 16.7. The van der Waals surface area contributed by atoms with Crippen LogP contribution in [0.15, 0.2) is 12.2 Å². The quantitative estimate of drug-likeness (QED) is 0.0257. The standard InChI is InChI=1S/C48H91NO13/c1-3-5-7-9-11-12-13-14-15-16-17-18-19-20-21-22-23-24-25-26-27-29-31-37(52)36(49-40(53)32-30-28-10-8-6-4-2)35-59-47-45(58)43(56)46(39(34-51)61-47)62-48-44(57)42(55)41(54)38(33-50)60-48/h29,31,36-39,41-48,50-52,54-58H,3-28,30,32-35H2,1-2H3,(H,49,53)/b31-29+. The molecule has 0 saturated carbocycles. The molecular weight excluding hydrogens is 799 g/mol. The first-order valence-electron chi connectivity index (χ1n) is 24.9. The van der Waals surface area contributed by atoms with Crippen molar-refractivity contribution < 1.29 is 64.6 Å². The van der Waals surface area contributed by atoms with Crippen LogP contribution in [0.4, 0.5) is 0 Å². The van der Waals surface area contributed by atoms with E-state index in [1.54, 1.807) is 6.08 Å². The summed E-state index contributed by atoms with van der Waals surface area (Å²) < 4.78 is 22.6. The van der Waals surface area contributed by atoms with Crippen LogP contribution in [0.3, 0.4) is 0 Å². The molecule has 2 aliphatic heterocycles. The van der Waals surface area contributed by atoms with Crippen molar-refractivity contribution in [2.45, 2.75) is 267 Å². The number of hydrogen-bond acceptors (Lipinski definition) is 13. The summed E-state index contributed by atoms with van der Waals surface area (Å²) in [6.45, 7) is 2.71. The number of carbonyl (C=O) groups is 1. The Balaban J connectivity index is 1.75. The van der Waals surface area contributed by atoms with Gasteiger partial charge in [-0.3, -0.25) is 4.79 Å². The number of ether oxygens (including phenoxy) is 4. The Hall–Kier alpha value is -1.27. The largest absolute Gasteiger partial charge is 0.394 e. The summed E-state index contributed by atoms with van der Waals surface area (Å²) in [7, 11) is 0. The van der Waals surface area contributed by atoms with Crippen LogP contribution >= 0.6 is 0 Å². The predicted molar refractivity (Wildman–Crippen MR) is 240 cm³/mol. The lowest BCUT2D eigenvalue weighted by molar-refractivity contribution is -0.359. The molecule has 2 heterocycles. The Labute approximate surface area is 374 Å². The first-order chi connectivity index (χ1) is 30.1. The lowest BCUT2D eigenvalue weighted by Crippen LogP contribution is -2.65. The average molecular weight is 890 g/mol. The Morgan fingerprint density at radius 3 is 1.48 bits per heavy atom. The molecule has 62 heavy (non-hydrogen) atoms. The van der Waals surface area contributed by atoms with Gasteiger partial charge in [0.15, 0.2) is 12.6 Å². The molecule has 0 aromatic heterocycles. The molecule has 2 fully saturated rings. The van der Waals surface area contributed by atoms with Gasteiger partial charge in [0.2, 0.25) is 5.91 Å². The molecule has 14 heteroatoms. The molecule has 0 aromatic rings. The molecule has 12 unspecified atom stereocenters. The Kier molecular flexibility index (Phi) is 32.9. The number of nitrogens with one attached hydrogen (secondary N) is 1. The van der Waals surface area contributed by atoms with E-state index in [9.17, 15) is 45.6 Å². The fourth-order valence-electron chi connectivity index (χ4n) is 8.35. The van der Waals surface area contributed by atoms with E-state index in [4.69, 9.17) is 18.9 Å². The molecule has 2 aliphatic rings. The highest BCUT2D eigenvalue weighted by molar-refractivity contribution is 5.76. The second-order valence-electron chi connectivity index (χ2n) is 18.0. The normalized spacial score (nSPS) is 27.8. The van der Waals surface area contributed by atoms with Crippen LogP contribution in [0.5, 0.6) is 0 Å². The van der Waals surface area contributed by atoms with E-state index in [-0.39, 0.29) is 18.9 Å². The summed E-state index contributed by atoms with van der Waals surface area (Å²) in [5.74, 6) is -0.248.